The number of thioether (sulfide) groups is 1. The van der Waals surface area contributed by atoms with Crippen molar-refractivity contribution in [3.05, 3.63) is 58.5 Å². The number of carbonyl (C=O) groups excluding carboxylic acids is 3. The van der Waals surface area contributed by atoms with Crippen LogP contribution in [0.5, 0.6) is 5.75 Å². The molecule has 3 amide bonds. The molecule has 12 heteroatoms. The summed E-state index contributed by atoms with van der Waals surface area (Å²) in [6.07, 6.45) is -3.29. The number of azo groups is 1. The zero-order valence-corrected chi connectivity index (χ0v) is 16.3. The van der Waals surface area contributed by atoms with Gasteiger partial charge in [0, 0.05) is 5.56 Å². The van der Waals surface area contributed by atoms with Crippen LogP contribution >= 0.6 is 11.8 Å². The van der Waals surface area contributed by atoms with Crippen molar-refractivity contribution < 1.29 is 32.7 Å². The average molecular weight is 450 g/mol. The second-order valence-corrected chi connectivity index (χ2v) is 7.22. The number of nitrogens with two attached hydrogens (primary N) is 1. The van der Waals surface area contributed by atoms with Crippen LogP contribution in [0.3, 0.4) is 0 Å². The third kappa shape index (κ3) is 5.28. The lowest BCUT2D eigenvalue weighted by atomic mass is 10.1. The predicted molar refractivity (Wildman–Crippen MR) is 106 cm³/mol. The zero-order valence-electron chi connectivity index (χ0n) is 15.5. The molecule has 0 aliphatic carbocycles. The Morgan fingerprint density at radius 3 is 2.45 bits per heavy atom. The van der Waals surface area contributed by atoms with Gasteiger partial charge in [0.15, 0.2) is 0 Å². The summed E-state index contributed by atoms with van der Waals surface area (Å²) in [5.41, 5.74) is 4.40. The fraction of sp³-hybridized carbons (Fsp3) is 0.105. The Labute approximate surface area is 177 Å². The van der Waals surface area contributed by atoms with E-state index in [9.17, 15) is 32.7 Å². The maximum atomic E-state index is 12.8. The first kappa shape index (κ1) is 22.0. The molecule has 1 aliphatic rings. The summed E-state index contributed by atoms with van der Waals surface area (Å²) in [4.78, 5) is 35.8. The van der Waals surface area contributed by atoms with Crippen molar-refractivity contribution in [1.82, 2.24) is 4.90 Å². The first-order valence-corrected chi connectivity index (χ1v) is 9.32. The Morgan fingerprint density at radius 2 is 1.81 bits per heavy atom. The Hall–Kier alpha value is -3.67. The number of nitrogens with zero attached hydrogens (tertiary/aromatic N) is 3. The molecule has 0 spiro atoms. The minimum Gasteiger partial charge on any atom is -0.507 e. The van der Waals surface area contributed by atoms with E-state index in [1.807, 2.05) is 0 Å². The van der Waals surface area contributed by atoms with Crippen LogP contribution in [0.25, 0.3) is 6.08 Å². The van der Waals surface area contributed by atoms with Crippen molar-refractivity contribution in [3.8, 4) is 5.75 Å². The summed E-state index contributed by atoms with van der Waals surface area (Å²) in [6.45, 7) is -0.570. The average Bonchev–Trinajstić information content (AvgIpc) is 2.95. The van der Waals surface area contributed by atoms with Crippen LogP contribution in [-0.2, 0) is 15.8 Å². The van der Waals surface area contributed by atoms with Crippen LogP contribution in [0.4, 0.5) is 29.3 Å². The molecule has 31 heavy (non-hydrogen) atoms. The minimum atomic E-state index is -4.52. The van der Waals surface area contributed by atoms with Crippen molar-refractivity contribution in [3.63, 3.8) is 0 Å². The lowest BCUT2D eigenvalue weighted by Crippen LogP contribution is -2.36. The highest BCUT2D eigenvalue weighted by molar-refractivity contribution is 8.18. The Morgan fingerprint density at radius 1 is 1.13 bits per heavy atom. The van der Waals surface area contributed by atoms with Gasteiger partial charge in [0.1, 0.15) is 12.3 Å². The number of hydrogen-bond acceptors (Lipinski definition) is 7. The number of amides is 3. The summed E-state index contributed by atoms with van der Waals surface area (Å²) >= 11 is 0.566. The van der Waals surface area contributed by atoms with Crippen LogP contribution in [0.15, 0.2) is 57.6 Å². The van der Waals surface area contributed by atoms with Gasteiger partial charge in [0.2, 0.25) is 5.91 Å². The summed E-state index contributed by atoms with van der Waals surface area (Å²) in [7, 11) is 0. The van der Waals surface area contributed by atoms with E-state index in [2.05, 4.69) is 10.2 Å². The topological polar surface area (TPSA) is 125 Å². The van der Waals surface area contributed by atoms with Crippen LogP contribution < -0.4 is 5.73 Å². The van der Waals surface area contributed by atoms with Gasteiger partial charge >= 0.3 is 6.18 Å². The summed E-state index contributed by atoms with van der Waals surface area (Å²) in [5.74, 6) is -1.84. The monoisotopic (exact) mass is 450 g/mol. The molecule has 0 radical (unpaired) electrons. The number of alkyl halides is 3. The number of imide groups is 1. The van der Waals surface area contributed by atoms with Gasteiger partial charge in [-0.15, -0.1) is 0 Å². The van der Waals surface area contributed by atoms with Crippen molar-refractivity contribution in [2.24, 2.45) is 16.0 Å². The molecular formula is C19H13F3N4O4S. The number of phenolic OH excluding ortho intramolecular Hbond substituents is 1. The van der Waals surface area contributed by atoms with Gasteiger partial charge < -0.3 is 10.8 Å². The third-order valence-corrected chi connectivity index (χ3v) is 4.85. The number of aromatic hydroxyl groups is 1. The van der Waals surface area contributed by atoms with Gasteiger partial charge in [0.25, 0.3) is 11.1 Å². The van der Waals surface area contributed by atoms with Gasteiger partial charge in [0.05, 0.1) is 21.8 Å². The zero-order chi connectivity index (χ0) is 22.8. The van der Waals surface area contributed by atoms with Crippen molar-refractivity contribution >= 4 is 46.3 Å². The van der Waals surface area contributed by atoms with Crippen LogP contribution in [0, 0.1) is 0 Å². The van der Waals surface area contributed by atoms with Gasteiger partial charge in [-0.25, -0.2) is 0 Å². The summed E-state index contributed by atoms with van der Waals surface area (Å²) in [5, 5.41) is 17.0. The summed E-state index contributed by atoms with van der Waals surface area (Å²) in [6, 6.07) is 8.22. The third-order valence-electron chi connectivity index (χ3n) is 3.94. The number of benzene rings is 2. The molecule has 1 saturated heterocycles. The van der Waals surface area contributed by atoms with Crippen molar-refractivity contribution in [2.45, 2.75) is 6.18 Å². The maximum Gasteiger partial charge on any atom is 0.416 e. The lowest BCUT2D eigenvalue weighted by molar-refractivity contribution is -0.137. The molecule has 1 fully saturated rings. The Bertz CT molecular complexity index is 1130. The van der Waals surface area contributed by atoms with Crippen LogP contribution in [0.2, 0.25) is 0 Å². The van der Waals surface area contributed by atoms with E-state index in [-0.39, 0.29) is 27.6 Å². The molecule has 0 saturated carbocycles. The van der Waals surface area contributed by atoms with E-state index in [1.165, 1.54) is 36.4 Å². The largest absolute Gasteiger partial charge is 0.507 e. The SMILES string of the molecule is NC(=O)CN1C(=O)S/C(=C\c2cc(N=Nc3cccc(C(F)(F)F)c3)ccc2O)C1=O. The highest BCUT2D eigenvalue weighted by atomic mass is 32.2. The standard InChI is InChI=1S/C19H13F3N4O4S/c20-19(21,22)11-2-1-3-12(8-11)24-25-13-4-5-14(27)10(6-13)7-15-17(29)26(9-16(23)28)18(30)31-15/h1-8,27H,9H2,(H2,23,28)/b15-7-,25-24?. The second kappa shape index (κ2) is 8.60. The number of hydrogen-bond donors (Lipinski definition) is 2. The number of primary amides is 1. The van der Waals surface area contributed by atoms with Gasteiger partial charge in [-0.05, 0) is 54.2 Å². The molecule has 1 aliphatic heterocycles. The molecule has 2 aromatic rings. The van der Waals surface area contributed by atoms with E-state index in [0.29, 0.717) is 16.7 Å². The molecule has 3 rings (SSSR count). The number of carbonyl (C=O) groups is 3. The van der Waals surface area contributed by atoms with Gasteiger partial charge in [-0.3, -0.25) is 19.3 Å². The molecule has 2 aromatic carbocycles. The van der Waals surface area contributed by atoms with E-state index in [4.69, 9.17) is 5.73 Å². The Balaban J connectivity index is 1.85. The molecule has 0 aromatic heterocycles. The molecule has 1 heterocycles. The quantitative estimate of drug-likeness (QED) is 0.518. The number of halogens is 3. The maximum absolute atomic E-state index is 12.8. The normalized spacial score (nSPS) is 16.0. The highest BCUT2D eigenvalue weighted by Crippen LogP contribution is 2.35. The second-order valence-electron chi connectivity index (χ2n) is 6.23. The molecule has 8 nitrogen and oxygen atoms in total. The van der Waals surface area contributed by atoms with E-state index < -0.39 is 35.3 Å². The van der Waals surface area contributed by atoms with Crippen molar-refractivity contribution in [1.29, 1.82) is 0 Å². The summed E-state index contributed by atoms with van der Waals surface area (Å²) < 4.78 is 38.4. The Kier molecular flexibility index (Phi) is 6.11. The fourth-order valence-electron chi connectivity index (χ4n) is 2.51. The minimum absolute atomic E-state index is 0.0305. The number of rotatable bonds is 5. The predicted octanol–water partition coefficient (Wildman–Crippen LogP) is 4.35. The smallest absolute Gasteiger partial charge is 0.416 e. The molecule has 0 atom stereocenters. The molecule has 3 N–H and O–H groups in total. The highest BCUT2D eigenvalue weighted by Gasteiger charge is 2.36. The first-order chi connectivity index (χ1) is 14.5. The number of phenols is 1. The molecule has 0 unspecified atom stereocenters. The molecule has 160 valence electrons. The van der Waals surface area contributed by atoms with E-state index in [0.717, 1.165) is 12.1 Å². The molecular weight excluding hydrogens is 437 g/mol. The van der Waals surface area contributed by atoms with E-state index >= 15 is 0 Å². The molecule has 0 bridgehead atoms. The fourth-order valence-corrected chi connectivity index (χ4v) is 3.34. The van der Waals surface area contributed by atoms with Crippen LogP contribution in [0.1, 0.15) is 11.1 Å². The lowest BCUT2D eigenvalue weighted by Gasteiger charge is -2.08. The first-order valence-electron chi connectivity index (χ1n) is 8.50. The van der Waals surface area contributed by atoms with Gasteiger partial charge in [-0.2, -0.15) is 23.4 Å². The van der Waals surface area contributed by atoms with Gasteiger partial charge in [-0.1, -0.05) is 6.07 Å². The van der Waals surface area contributed by atoms with Crippen molar-refractivity contribution in [2.75, 3.05) is 6.54 Å². The van der Waals surface area contributed by atoms with E-state index in [1.54, 1.807) is 0 Å². The van der Waals surface area contributed by atoms with Crippen LogP contribution in [-0.4, -0.2) is 33.6 Å².